The number of nitrogens with one attached hydrogen (secondary N) is 2. The van der Waals surface area contributed by atoms with Gasteiger partial charge in [0.05, 0.1) is 13.2 Å². The summed E-state index contributed by atoms with van der Waals surface area (Å²) in [5, 5.41) is 6.99. The highest BCUT2D eigenvalue weighted by Gasteiger charge is 2.22. The number of hydrogen-bond acceptors (Lipinski definition) is 6. The molecular weight excluding hydrogens is 360 g/mol. The SMILES string of the molecule is C[C@@H]1CCCN(c2cc(N3CCOCC3)nc(NC(=S)NC(C)(C)C)n2)C1. The number of thiocarbonyl (C=S) groups is 1. The highest BCUT2D eigenvalue weighted by molar-refractivity contribution is 7.80. The zero-order chi connectivity index (χ0) is 19.4. The van der Waals surface area contributed by atoms with E-state index in [1.807, 2.05) is 0 Å². The molecule has 8 heteroatoms. The number of nitrogens with zero attached hydrogens (tertiary/aromatic N) is 4. The van der Waals surface area contributed by atoms with Gasteiger partial charge in [0.15, 0.2) is 5.11 Å². The molecule has 0 aromatic carbocycles. The van der Waals surface area contributed by atoms with Crippen LogP contribution >= 0.6 is 12.2 Å². The van der Waals surface area contributed by atoms with E-state index in [4.69, 9.17) is 26.9 Å². The van der Waals surface area contributed by atoms with E-state index in [2.05, 4.69) is 54.2 Å². The van der Waals surface area contributed by atoms with Gasteiger partial charge in [0.25, 0.3) is 0 Å². The second kappa shape index (κ2) is 8.56. The molecule has 150 valence electrons. The standard InChI is InChI=1S/C19H32N6OS/c1-14-6-5-7-25(13-14)16-12-15(24-8-10-26-11-9-24)20-17(21-16)22-18(27)23-19(2,3)4/h12,14H,5-11,13H2,1-4H3,(H2,20,21,22,23,27)/t14-/m1/s1. The number of aromatic nitrogens is 2. The van der Waals surface area contributed by atoms with Gasteiger partial charge in [0.1, 0.15) is 11.6 Å². The average molecular weight is 393 g/mol. The van der Waals surface area contributed by atoms with Gasteiger partial charge >= 0.3 is 0 Å². The average Bonchev–Trinajstić information content (AvgIpc) is 2.60. The summed E-state index contributed by atoms with van der Waals surface area (Å²) in [7, 11) is 0. The third kappa shape index (κ3) is 5.90. The maximum atomic E-state index is 5.49. The van der Waals surface area contributed by atoms with Crippen LogP contribution in [0.25, 0.3) is 0 Å². The zero-order valence-electron chi connectivity index (χ0n) is 16.9. The molecule has 0 saturated carbocycles. The molecule has 0 bridgehead atoms. The van der Waals surface area contributed by atoms with Crippen molar-refractivity contribution in [2.24, 2.45) is 5.92 Å². The molecule has 1 aromatic heterocycles. The van der Waals surface area contributed by atoms with Gasteiger partial charge in [-0.3, -0.25) is 0 Å². The fourth-order valence-corrected chi connectivity index (χ4v) is 3.86. The number of ether oxygens (including phenoxy) is 1. The predicted molar refractivity (Wildman–Crippen MR) is 115 cm³/mol. The highest BCUT2D eigenvalue weighted by Crippen LogP contribution is 2.26. The lowest BCUT2D eigenvalue weighted by Gasteiger charge is -2.33. The first-order valence-electron chi connectivity index (χ1n) is 9.86. The Kier molecular flexibility index (Phi) is 6.37. The molecule has 1 atom stereocenters. The summed E-state index contributed by atoms with van der Waals surface area (Å²) in [6.45, 7) is 13.7. The van der Waals surface area contributed by atoms with Crippen molar-refractivity contribution >= 4 is 34.9 Å². The van der Waals surface area contributed by atoms with Gasteiger partial charge in [-0.2, -0.15) is 9.97 Å². The Labute approximate surface area is 167 Å². The van der Waals surface area contributed by atoms with Crippen LogP contribution in [0.15, 0.2) is 6.07 Å². The number of morpholine rings is 1. The Morgan fingerprint density at radius 3 is 2.44 bits per heavy atom. The molecule has 2 aliphatic heterocycles. The van der Waals surface area contributed by atoms with Gasteiger partial charge in [-0.15, -0.1) is 0 Å². The summed E-state index contributed by atoms with van der Waals surface area (Å²) in [4.78, 5) is 14.1. The molecule has 2 saturated heterocycles. The summed E-state index contributed by atoms with van der Waals surface area (Å²) in [5.41, 5.74) is -0.114. The van der Waals surface area contributed by atoms with Crippen molar-refractivity contribution in [1.29, 1.82) is 0 Å². The van der Waals surface area contributed by atoms with Crippen molar-refractivity contribution in [2.45, 2.75) is 46.1 Å². The van der Waals surface area contributed by atoms with Crippen LogP contribution < -0.4 is 20.4 Å². The molecule has 0 aliphatic carbocycles. The molecule has 0 spiro atoms. The number of piperidine rings is 1. The first-order valence-corrected chi connectivity index (χ1v) is 10.3. The second-order valence-electron chi connectivity index (χ2n) is 8.53. The van der Waals surface area contributed by atoms with Crippen molar-refractivity contribution < 1.29 is 4.74 Å². The Morgan fingerprint density at radius 1 is 1.15 bits per heavy atom. The summed E-state index contributed by atoms with van der Waals surface area (Å²) in [6, 6.07) is 2.11. The number of rotatable bonds is 3. The predicted octanol–water partition coefficient (Wildman–Crippen LogP) is 2.63. The summed E-state index contributed by atoms with van der Waals surface area (Å²) >= 11 is 5.45. The first-order chi connectivity index (χ1) is 12.8. The fourth-order valence-electron chi connectivity index (χ4n) is 3.47. The van der Waals surface area contributed by atoms with Crippen LogP contribution in [0.1, 0.15) is 40.5 Å². The van der Waals surface area contributed by atoms with Crippen molar-refractivity contribution in [1.82, 2.24) is 15.3 Å². The van der Waals surface area contributed by atoms with Crippen molar-refractivity contribution in [3.05, 3.63) is 6.07 Å². The molecule has 2 aliphatic rings. The molecule has 0 radical (unpaired) electrons. The minimum absolute atomic E-state index is 0.114. The Hall–Kier alpha value is -1.67. The minimum atomic E-state index is -0.114. The van der Waals surface area contributed by atoms with Gasteiger partial charge in [-0.05, 0) is 51.7 Å². The van der Waals surface area contributed by atoms with E-state index in [-0.39, 0.29) is 5.54 Å². The van der Waals surface area contributed by atoms with Gasteiger partial charge in [-0.25, -0.2) is 0 Å². The monoisotopic (exact) mass is 392 g/mol. The van der Waals surface area contributed by atoms with Crippen molar-refractivity contribution in [3.8, 4) is 0 Å². The van der Waals surface area contributed by atoms with Crippen LogP contribution in [0.2, 0.25) is 0 Å². The molecule has 0 amide bonds. The largest absolute Gasteiger partial charge is 0.378 e. The van der Waals surface area contributed by atoms with E-state index in [1.54, 1.807) is 0 Å². The van der Waals surface area contributed by atoms with E-state index in [9.17, 15) is 0 Å². The second-order valence-corrected chi connectivity index (χ2v) is 8.94. The van der Waals surface area contributed by atoms with Gasteiger partial charge in [0, 0.05) is 37.8 Å². The third-order valence-corrected chi connectivity index (χ3v) is 4.93. The van der Waals surface area contributed by atoms with Crippen LogP contribution in [-0.2, 0) is 4.74 Å². The van der Waals surface area contributed by atoms with Crippen LogP contribution in [0.3, 0.4) is 0 Å². The third-order valence-electron chi connectivity index (χ3n) is 4.73. The molecule has 1 aromatic rings. The lowest BCUT2D eigenvalue weighted by Crippen LogP contribution is -2.43. The Bertz CT molecular complexity index is 656. The molecule has 2 N–H and O–H groups in total. The van der Waals surface area contributed by atoms with Gasteiger partial charge < -0.3 is 25.2 Å². The van der Waals surface area contributed by atoms with Crippen LogP contribution in [0.4, 0.5) is 17.6 Å². The quantitative estimate of drug-likeness (QED) is 0.761. The van der Waals surface area contributed by atoms with Crippen molar-refractivity contribution in [2.75, 3.05) is 54.5 Å². The van der Waals surface area contributed by atoms with E-state index in [1.165, 1.54) is 12.8 Å². The maximum absolute atomic E-state index is 5.49. The van der Waals surface area contributed by atoms with Gasteiger partial charge in [0.2, 0.25) is 5.95 Å². The Balaban J connectivity index is 1.84. The maximum Gasteiger partial charge on any atom is 0.232 e. The van der Waals surface area contributed by atoms with Crippen LogP contribution in [0, 0.1) is 5.92 Å². The smallest absolute Gasteiger partial charge is 0.232 e. The van der Waals surface area contributed by atoms with Gasteiger partial charge in [-0.1, -0.05) is 6.92 Å². The minimum Gasteiger partial charge on any atom is -0.378 e. The topological polar surface area (TPSA) is 65.6 Å². The molecule has 0 unspecified atom stereocenters. The van der Waals surface area contributed by atoms with Crippen LogP contribution in [-0.4, -0.2) is 60.0 Å². The number of anilines is 3. The molecule has 2 fully saturated rings. The van der Waals surface area contributed by atoms with E-state index in [0.29, 0.717) is 17.0 Å². The number of hydrogen-bond donors (Lipinski definition) is 2. The molecule has 7 nitrogen and oxygen atoms in total. The normalized spacial score (nSPS) is 21.1. The van der Waals surface area contributed by atoms with Crippen LogP contribution in [0.5, 0.6) is 0 Å². The van der Waals surface area contributed by atoms with E-state index < -0.39 is 0 Å². The zero-order valence-corrected chi connectivity index (χ0v) is 17.7. The molecular formula is C19H32N6OS. The van der Waals surface area contributed by atoms with E-state index >= 15 is 0 Å². The highest BCUT2D eigenvalue weighted by atomic mass is 32.1. The molecule has 27 heavy (non-hydrogen) atoms. The van der Waals surface area contributed by atoms with E-state index in [0.717, 1.165) is 51.0 Å². The molecule has 3 heterocycles. The lowest BCUT2D eigenvalue weighted by molar-refractivity contribution is 0.122. The molecule has 3 rings (SSSR count). The summed E-state index contributed by atoms with van der Waals surface area (Å²) < 4.78 is 5.49. The van der Waals surface area contributed by atoms with Crippen molar-refractivity contribution in [3.63, 3.8) is 0 Å². The summed E-state index contributed by atoms with van der Waals surface area (Å²) in [6.07, 6.45) is 2.48. The fraction of sp³-hybridized carbons (Fsp3) is 0.737. The summed E-state index contributed by atoms with van der Waals surface area (Å²) in [5.74, 6) is 3.14. The Morgan fingerprint density at radius 2 is 1.81 bits per heavy atom. The first kappa shape index (κ1) is 20.1. The lowest BCUT2D eigenvalue weighted by atomic mass is 10.0.